The Balaban J connectivity index is 0.000000171. The maximum Gasteiger partial charge on any atom is 0.372 e. The molecule has 8 nitrogen and oxygen atoms in total. The third kappa shape index (κ3) is 4.73. The molecule has 2 aromatic carbocycles. The Morgan fingerprint density at radius 2 is 1.33 bits per heavy atom. The number of carbonyl (C=O) groups is 3. The van der Waals surface area contributed by atoms with E-state index in [1.54, 1.807) is 6.20 Å². The van der Waals surface area contributed by atoms with E-state index >= 15 is 0 Å². The zero-order valence-electron chi connectivity index (χ0n) is 16.0. The van der Waals surface area contributed by atoms with Crippen LogP contribution in [0.1, 0.15) is 11.1 Å². The smallest absolute Gasteiger partial charge is 0.372 e. The molecule has 0 spiro atoms. The molecule has 0 aliphatic heterocycles. The predicted molar refractivity (Wildman–Crippen MR) is 112 cm³/mol. The molecule has 2 aromatic heterocycles. The van der Waals surface area contributed by atoms with Gasteiger partial charge in [0.25, 0.3) is 0 Å². The fourth-order valence-corrected chi connectivity index (χ4v) is 3.15. The molecule has 0 saturated heterocycles. The number of carboxylic acids is 2. The summed E-state index contributed by atoms with van der Waals surface area (Å²) < 4.78 is 0. The lowest BCUT2D eigenvalue weighted by Crippen LogP contribution is -2.32. The van der Waals surface area contributed by atoms with E-state index < -0.39 is 23.8 Å². The Hall–Kier alpha value is -3.91. The van der Waals surface area contributed by atoms with Gasteiger partial charge >= 0.3 is 11.9 Å². The number of benzene rings is 2. The molecule has 4 aromatic rings. The second-order valence-corrected chi connectivity index (χ2v) is 6.77. The highest BCUT2D eigenvalue weighted by Crippen LogP contribution is 2.19. The van der Waals surface area contributed by atoms with Gasteiger partial charge in [0, 0.05) is 47.0 Å². The van der Waals surface area contributed by atoms with Gasteiger partial charge in [-0.25, -0.2) is 4.79 Å². The number of Topliss-reactive ketones (excluding diaryl/α,β-unsaturated/α-hetero) is 1. The van der Waals surface area contributed by atoms with Gasteiger partial charge in [-0.1, -0.05) is 36.4 Å². The first-order valence-corrected chi connectivity index (χ1v) is 9.21. The number of hydrogen-bond acceptors (Lipinski definition) is 4. The number of H-pyrrole nitrogens is 2. The van der Waals surface area contributed by atoms with Crippen LogP contribution in [0.15, 0.2) is 60.9 Å². The van der Waals surface area contributed by atoms with Crippen molar-refractivity contribution < 1.29 is 24.6 Å². The molecule has 1 atom stereocenters. The Labute approximate surface area is 171 Å². The average Bonchev–Trinajstić information content (AvgIpc) is 3.33. The molecular formula is C22H21N3O5. The highest BCUT2D eigenvalue weighted by Gasteiger charge is 2.15. The van der Waals surface area contributed by atoms with Crippen LogP contribution in [0.5, 0.6) is 0 Å². The molecule has 0 saturated carbocycles. The summed E-state index contributed by atoms with van der Waals surface area (Å²) >= 11 is 0. The third-order valence-corrected chi connectivity index (χ3v) is 4.70. The monoisotopic (exact) mass is 407 g/mol. The fraction of sp³-hybridized carbons (Fsp3) is 0.136. The number of aliphatic carboxylic acids is 2. The lowest BCUT2D eigenvalue weighted by Gasteiger charge is -2.04. The van der Waals surface area contributed by atoms with Crippen LogP contribution < -0.4 is 5.73 Å². The number of aromatic amines is 2. The number of carboxylic acid groups (broad SMARTS) is 2. The van der Waals surface area contributed by atoms with Gasteiger partial charge in [-0.05, 0) is 23.3 Å². The minimum Gasteiger partial charge on any atom is -0.480 e. The van der Waals surface area contributed by atoms with Crippen LogP contribution in [0.3, 0.4) is 0 Å². The van der Waals surface area contributed by atoms with Crippen LogP contribution >= 0.6 is 0 Å². The molecule has 0 radical (unpaired) electrons. The SMILES string of the molecule is N[C@H](Cc1c[nH]c2ccccc12)C(=O)O.O=C(O)C(=O)Cc1c[nH]c2ccccc12. The average molecular weight is 407 g/mol. The summed E-state index contributed by atoms with van der Waals surface area (Å²) in [4.78, 5) is 38.1. The van der Waals surface area contributed by atoms with E-state index in [9.17, 15) is 14.4 Å². The zero-order chi connectivity index (χ0) is 21.7. The standard InChI is InChI=1S/C11H12N2O2.C11H9NO3/c12-9(11(14)15)5-7-6-13-10-4-2-1-3-8(7)10;13-10(11(14)15)5-7-6-12-9-4-2-1-3-8(7)9/h1-4,6,9,13H,5,12H2,(H,14,15);1-4,6,12H,5H2,(H,14,15)/t9-;/m1./s1. The van der Waals surface area contributed by atoms with Crippen LogP contribution in [0.4, 0.5) is 0 Å². The van der Waals surface area contributed by atoms with Crippen molar-refractivity contribution in [3.05, 3.63) is 72.1 Å². The Kier molecular flexibility index (Phi) is 6.29. The van der Waals surface area contributed by atoms with Gasteiger partial charge in [0.2, 0.25) is 5.78 Å². The number of nitrogens with two attached hydrogens (primary N) is 1. The van der Waals surface area contributed by atoms with Crippen molar-refractivity contribution in [3.63, 3.8) is 0 Å². The van der Waals surface area contributed by atoms with Gasteiger partial charge in [-0.2, -0.15) is 0 Å². The van der Waals surface area contributed by atoms with Crippen LogP contribution in [0.2, 0.25) is 0 Å². The molecule has 8 heteroatoms. The molecular weight excluding hydrogens is 386 g/mol. The summed E-state index contributed by atoms with van der Waals surface area (Å²) in [6.07, 6.45) is 3.76. The first-order valence-electron chi connectivity index (χ1n) is 9.21. The minimum absolute atomic E-state index is 0.0701. The Bertz CT molecular complexity index is 1210. The maximum atomic E-state index is 11.0. The number of para-hydroxylation sites is 2. The zero-order valence-corrected chi connectivity index (χ0v) is 16.0. The van der Waals surface area contributed by atoms with E-state index in [2.05, 4.69) is 9.97 Å². The highest BCUT2D eigenvalue weighted by molar-refractivity contribution is 6.33. The molecule has 0 aliphatic rings. The molecule has 0 aliphatic carbocycles. The van der Waals surface area contributed by atoms with E-state index in [0.717, 1.165) is 32.9 Å². The van der Waals surface area contributed by atoms with E-state index in [-0.39, 0.29) is 6.42 Å². The van der Waals surface area contributed by atoms with Gasteiger partial charge in [0.05, 0.1) is 0 Å². The van der Waals surface area contributed by atoms with Gasteiger partial charge in [-0.15, -0.1) is 0 Å². The molecule has 4 rings (SSSR count). The second-order valence-electron chi connectivity index (χ2n) is 6.77. The molecule has 0 unspecified atom stereocenters. The van der Waals surface area contributed by atoms with Gasteiger partial charge in [0.1, 0.15) is 6.04 Å². The van der Waals surface area contributed by atoms with Crippen LogP contribution in [-0.4, -0.2) is 43.9 Å². The van der Waals surface area contributed by atoms with Gasteiger partial charge in [-0.3, -0.25) is 9.59 Å². The van der Waals surface area contributed by atoms with E-state index in [1.807, 2.05) is 54.7 Å². The summed E-state index contributed by atoms with van der Waals surface area (Å²) in [6.45, 7) is 0. The number of rotatable bonds is 6. The van der Waals surface area contributed by atoms with Crippen molar-refractivity contribution in [2.24, 2.45) is 5.73 Å². The number of hydrogen-bond donors (Lipinski definition) is 5. The van der Waals surface area contributed by atoms with E-state index in [4.69, 9.17) is 15.9 Å². The summed E-state index contributed by atoms with van der Waals surface area (Å²) in [5.41, 5.74) is 9.06. The van der Waals surface area contributed by atoms with E-state index in [0.29, 0.717) is 6.42 Å². The number of carbonyl (C=O) groups excluding carboxylic acids is 1. The summed E-state index contributed by atoms with van der Waals surface area (Å²) in [5.74, 6) is -3.15. The van der Waals surface area contributed by atoms with Crippen LogP contribution in [-0.2, 0) is 27.2 Å². The van der Waals surface area contributed by atoms with Crippen molar-refractivity contribution in [1.82, 2.24) is 9.97 Å². The van der Waals surface area contributed by atoms with E-state index in [1.165, 1.54) is 0 Å². The lowest BCUT2D eigenvalue weighted by atomic mass is 10.1. The third-order valence-electron chi connectivity index (χ3n) is 4.70. The van der Waals surface area contributed by atoms with Crippen molar-refractivity contribution >= 4 is 39.5 Å². The summed E-state index contributed by atoms with van der Waals surface area (Å²) in [7, 11) is 0. The first kappa shape index (κ1) is 20.8. The quantitative estimate of drug-likeness (QED) is 0.310. The molecule has 2 heterocycles. The largest absolute Gasteiger partial charge is 0.480 e. The number of fused-ring (bicyclic) bond motifs is 2. The van der Waals surface area contributed by atoms with Gasteiger partial charge < -0.3 is 25.9 Å². The second kappa shape index (κ2) is 9.06. The van der Waals surface area contributed by atoms with Crippen LogP contribution in [0, 0.1) is 0 Å². The van der Waals surface area contributed by atoms with Gasteiger partial charge in [0.15, 0.2) is 0 Å². The Morgan fingerprint density at radius 1 is 0.833 bits per heavy atom. The van der Waals surface area contributed by atoms with Crippen molar-refractivity contribution in [2.75, 3.05) is 0 Å². The van der Waals surface area contributed by atoms with Crippen molar-refractivity contribution in [1.29, 1.82) is 0 Å². The van der Waals surface area contributed by atoms with Crippen molar-refractivity contribution in [2.45, 2.75) is 18.9 Å². The number of aromatic nitrogens is 2. The molecule has 6 N–H and O–H groups in total. The maximum absolute atomic E-state index is 11.0. The minimum atomic E-state index is -1.39. The topological polar surface area (TPSA) is 149 Å². The van der Waals surface area contributed by atoms with Crippen LogP contribution in [0.25, 0.3) is 21.8 Å². The molecule has 0 bridgehead atoms. The molecule has 0 fully saturated rings. The fourth-order valence-electron chi connectivity index (χ4n) is 3.15. The summed E-state index contributed by atoms with van der Waals surface area (Å²) in [5, 5.41) is 19.1. The first-order chi connectivity index (χ1) is 14.4. The Morgan fingerprint density at radius 3 is 1.87 bits per heavy atom. The summed E-state index contributed by atoms with van der Waals surface area (Å²) in [6, 6.07) is 14.4. The predicted octanol–water partition coefficient (Wildman–Crippen LogP) is 2.49. The molecule has 0 amide bonds. The van der Waals surface area contributed by atoms with Crippen molar-refractivity contribution in [3.8, 4) is 0 Å². The highest BCUT2D eigenvalue weighted by atomic mass is 16.4. The normalized spacial score (nSPS) is 11.6. The molecule has 154 valence electrons. The number of ketones is 1. The number of nitrogens with one attached hydrogen (secondary N) is 2. The lowest BCUT2D eigenvalue weighted by molar-refractivity contribution is -0.148. The molecule has 30 heavy (non-hydrogen) atoms.